The molecule has 0 radical (unpaired) electrons. The molecule has 1 aliphatic rings. The van der Waals surface area contributed by atoms with Crippen LogP contribution in [0, 0.1) is 11.3 Å². The monoisotopic (exact) mass is 1310 g/mol. The topological polar surface area (TPSA) is 105 Å². The van der Waals surface area contributed by atoms with Crippen molar-refractivity contribution in [2.24, 2.45) is 11.3 Å². The van der Waals surface area contributed by atoms with Crippen molar-refractivity contribution >= 4 is 23.9 Å². The lowest BCUT2D eigenvalue weighted by atomic mass is 9.91. The first kappa shape index (κ1) is 88.9. The predicted octanol–water partition coefficient (Wildman–Crippen LogP) is 27.9. The van der Waals surface area contributed by atoms with E-state index in [1.165, 1.54) is 347 Å². The van der Waals surface area contributed by atoms with Crippen LogP contribution in [0.15, 0.2) is 0 Å². The van der Waals surface area contributed by atoms with Crippen molar-refractivity contribution in [2.45, 2.75) is 483 Å². The Hall–Kier alpha value is -2.12. The third-order valence-corrected chi connectivity index (χ3v) is 20.8. The van der Waals surface area contributed by atoms with Crippen LogP contribution in [0.5, 0.6) is 0 Å². The third-order valence-electron chi connectivity index (χ3n) is 20.8. The van der Waals surface area contributed by atoms with Crippen LogP contribution in [-0.2, 0) is 38.1 Å². The van der Waals surface area contributed by atoms with E-state index >= 15 is 0 Å². The van der Waals surface area contributed by atoms with Gasteiger partial charge in [-0.2, -0.15) is 0 Å². The summed E-state index contributed by atoms with van der Waals surface area (Å²) in [6.45, 7) is 6.26. The summed E-state index contributed by atoms with van der Waals surface area (Å²) in [5, 5.41) is 0. The minimum absolute atomic E-state index is 0.145. The van der Waals surface area contributed by atoms with Gasteiger partial charge in [0.2, 0.25) is 0 Å². The van der Waals surface area contributed by atoms with E-state index in [4.69, 9.17) is 18.9 Å². The summed E-state index contributed by atoms with van der Waals surface area (Å²) in [6, 6.07) is 0. The largest absolute Gasteiger partial charge is 0.465 e. The van der Waals surface area contributed by atoms with E-state index in [9.17, 15) is 19.2 Å². The first-order chi connectivity index (χ1) is 45.9. The smallest absolute Gasteiger partial charge is 0.308 e. The Balaban J connectivity index is 2.98. The van der Waals surface area contributed by atoms with E-state index in [0.717, 1.165) is 96.3 Å². The van der Waals surface area contributed by atoms with E-state index in [0.29, 0.717) is 19.3 Å². The second-order valence-electron chi connectivity index (χ2n) is 30.2. The molecule has 1 aliphatic carbocycles. The van der Waals surface area contributed by atoms with Crippen LogP contribution in [-0.4, -0.2) is 50.3 Å². The number of rotatable bonds is 63. The lowest BCUT2D eigenvalue weighted by Gasteiger charge is -2.32. The molecule has 0 saturated heterocycles. The number of hydrogen-bond donors (Lipinski definition) is 0. The minimum Gasteiger partial charge on any atom is -0.465 e. The number of esters is 4. The fourth-order valence-corrected chi connectivity index (χ4v) is 14.1. The number of unbranched alkanes of at least 4 members (excludes halogenated alkanes) is 48. The van der Waals surface area contributed by atoms with Crippen LogP contribution < -0.4 is 0 Å². The van der Waals surface area contributed by atoms with Crippen molar-refractivity contribution in [2.75, 3.05) is 26.4 Å². The number of carbonyl (C=O) groups is 4. The fraction of sp³-hybridized carbons (Fsp3) is 0.953. The van der Waals surface area contributed by atoms with Gasteiger partial charge in [-0.1, -0.05) is 432 Å². The lowest BCUT2D eigenvalue weighted by Crippen LogP contribution is -2.44. The molecule has 0 bridgehead atoms. The van der Waals surface area contributed by atoms with Crippen molar-refractivity contribution in [1.82, 2.24) is 0 Å². The summed E-state index contributed by atoms with van der Waals surface area (Å²) in [7, 11) is 0. The molecule has 0 N–H and O–H groups in total. The highest BCUT2D eigenvalue weighted by molar-refractivity contribution is 5.73. The molecule has 0 amide bonds. The molecule has 0 atom stereocenters. The maximum absolute atomic E-state index is 14.4. The summed E-state index contributed by atoms with van der Waals surface area (Å²) in [5.74, 6) is -1.39. The Morgan fingerprint density at radius 1 is 0.226 bits per heavy atom. The first-order valence-electron chi connectivity index (χ1n) is 42.5. The highest BCUT2D eigenvalue weighted by atomic mass is 16.6. The van der Waals surface area contributed by atoms with Gasteiger partial charge in [0.15, 0.2) is 0 Å². The zero-order valence-electron chi connectivity index (χ0n) is 63.1. The quantitative estimate of drug-likeness (QED) is 0.0337. The molecule has 0 aromatic rings. The SMILES string of the molecule is CCCCCCCCCCCCCCCCCCCC(=O)OCC(COC(=O)CCCCCCCCCCCCCCCCCCC)(COC(=O)CCCCCCCCCCCCCCCCCCC)COC(=O)C1CCCCCCCCCCCCCCCCCC1. The first-order valence-corrected chi connectivity index (χ1v) is 42.5. The Bertz CT molecular complexity index is 1410. The third kappa shape index (κ3) is 64.3. The second kappa shape index (κ2) is 72.6. The molecule has 0 unspecified atom stereocenters. The van der Waals surface area contributed by atoms with E-state index in [1.807, 2.05) is 0 Å². The van der Waals surface area contributed by atoms with E-state index < -0.39 is 5.41 Å². The predicted molar refractivity (Wildman–Crippen MR) is 399 cm³/mol. The molecular weight excluding hydrogens is 1150 g/mol. The van der Waals surface area contributed by atoms with E-state index in [2.05, 4.69) is 20.8 Å². The van der Waals surface area contributed by atoms with Gasteiger partial charge in [0.05, 0.1) is 5.92 Å². The summed E-state index contributed by atoms with van der Waals surface area (Å²) in [6.07, 6.45) is 87.5. The Morgan fingerprint density at radius 3 is 0.581 bits per heavy atom. The maximum atomic E-state index is 14.4. The van der Waals surface area contributed by atoms with E-state index in [-0.39, 0.29) is 56.2 Å². The zero-order valence-corrected chi connectivity index (χ0v) is 63.1. The molecule has 8 heteroatoms. The van der Waals surface area contributed by atoms with Crippen LogP contribution in [0.1, 0.15) is 483 Å². The number of carbonyl (C=O) groups excluding carboxylic acids is 4. The zero-order chi connectivity index (χ0) is 67.0. The molecule has 8 nitrogen and oxygen atoms in total. The fourth-order valence-electron chi connectivity index (χ4n) is 14.1. The van der Waals surface area contributed by atoms with Gasteiger partial charge in [0.25, 0.3) is 0 Å². The molecular formula is C85H162O8. The molecule has 550 valence electrons. The Labute approximate surface area is 579 Å². The van der Waals surface area contributed by atoms with Crippen molar-refractivity contribution in [3.05, 3.63) is 0 Å². The van der Waals surface area contributed by atoms with E-state index in [1.54, 1.807) is 0 Å². The summed E-state index contributed by atoms with van der Waals surface area (Å²) >= 11 is 0. The summed E-state index contributed by atoms with van der Waals surface area (Å²) in [5.41, 5.74) is -1.22. The van der Waals surface area contributed by atoms with Gasteiger partial charge in [-0.05, 0) is 32.1 Å². The lowest BCUT2D eigenvalue weighted by molar-refractivity contribution is -0.172. The van der Waals surface area contributed by atoms with Crippen LogP contribution in [0.2, 0.25) is 0 Å². The van der Waals surface area contributed by atoms with Crippen molar-refractivity contribution in [1.29, 1.82) is 0 Å². The molecule has 1 rings (SSSR count). The summed E-state index contributed by atoms with van der Waals surface area (Å²) < 4.78 is 24.7. The van der Waals surface area contributed by atoms with Gasteiger partial charge in [-0.25, -0.2) is 0 Å². The van der Waals surface area contributed by atoms with Gasteiger partial charge >= 0.3 is 23.9 Å². The maximum Gasteiger partial charge on any atom is 0.308 e. The normalized spacial score (nSPS) is 14.5. The van der Waals surface area contributed by atoms with Crippen LogP contribution >= 0.6 is 0 Å². The molecule has 0 aromatic carbocycles. The molecule has 1 saturated carbocycles. The highest BCUT2D eigenvalue weighted by Gasteiger charge is 2.39. The average Bonchev–Trinajstić information content (AvgIpc) is 1.84. The van der Waals surface area contributed by atoms with Gasteiger partial charge in [0.1, 0.15) is 31.8 Å². The van der Waals surface area contributed by atoms with Crippen LogP contribution in [0.4, 0.5) is 0 Å². The Kier molecular flexibility index (Phi) is 69.4. The number of hydrogen-bond acceptors (Lipinski definition) is 8. The van der Waals surface area contributed by atoms with Crippen LogP contribution in [0.25, 0.3) is 0 Å². The highest BCUT2D eigenvalue weighted by Crippen LogP contribution is 2.28. The molecule has 0 aliphatic heterocycles. The Morgan fingerprint density at radius 2 is 0.387 bits per heavy atom. The standard InChI is InChI=1S/C85H162O8/c1-4-7-10-13-16-19-22-25-28-31-38-43-48-53-58-63-68-73-81(86)90-76-85(77-91-82(87)74-69-64-59-54-49-44-39-32-29-26-23-20-17-14-11-8-5-2,78-92-83(88)75-70-65-60-55-50-45-40-33-30-27-24-21-18-15-12-9-6-3)79-93-84(89)80-71-66-61-56-51-46-41-36-34-35-37-42-47-52-57-62-67-72-80/h80H,4-79H2,1-3H3. The van der Waals surface area contributed by atoms with Crippen molar-refractivity contribution in [3.63, 3.8) is 0 Å². The van der Waals surface area contributed by atoms with Crippen molar-refractivity contribution < 1.29 is 38.1 Å². The van der Waals surface area contributed by atoms with Crippen molar-refractivity contribution in [3.8, 4) is 0 Å². The average molecular weight is 1310 g/mol. The van der Waals surface area contributed by atoms with Crippen LogP contribution in [0.3, 0.4) is 0 Å². The van der Waals surface area contributed by atoms with Gasteiger partial charge in [-0.3, -0.25) is 19.2 Å². The van der Waals surface area contributed by atoms with Gasteiger partial charge < -0.3 is 18.9 Å². The van der Waals surface area contributed by atoms with Gasteiger partial charge in [0, 0.05) is 19.3 Å². The minimum atomic E-state index is -1.22. The number of ether oxygens (including phenoxy) is 4. The molecule has 0 heterocycles. The molecule has 93 heavy (non-hydrogen) atoms. The van der Waals surface area contributed by atoms with Gasteiger partial charge in [-0.15, -0.1) is 0 Å². The second-order valence-corrected chi connectivity index (χ2v) is 30.2. The molecule has 0 aromatic heterocycles. The summed E-state index contributed by atoms with van der Waals surface area (Å²) in [4.78, 5) is 55.4. The molecule has 1 fully saturated rings. The molecule has 0 spiro atoms.